The molecule has 0 aromatic carbocycles. The SMILES string of the molecule is CCN(CC)C(=O)CN(C)Cc1nn2c(=O)cc(C)nc2s1. The van der Waals surface area contributed by atoms with Crippen molar-refractivity contribution >= 4 is 22.2 Å². The fourth-order valence-corrected chi connectivity index (χ4v) is 3.24. The maximum atomic E-state index is 12.1. The van der Waals surface area contributed by atoms with Gasteiger partial charge in [-0.25, -0.2) is 4.98 Å². The molecule has 8 heteroatoms. The normalized spacial score (nSPS) is 11.3. The molecule has 0 aliphatic carbocycles. The van der Waals surface area contributed by atoms with Gasteiger partial charge in [0.05, 0.1) is 13.1 Å². The first-order valence-electron chi connectivity index (χ1n) is 7.27. The molecule has 1 amide bonds. The Kier molecular flexibility index (Phi) is 5.25. The number of fused-ring (bicyclic) bond motifs is 1. The number of aromatic nitrogens is 3. The van der Waals surface area contributed by atoms with E-state index in [0.29, 0.717) is 36.8 Å². The third-order valence-electron chi connectivity index (χ3n) is 3.34. The van der Waals surface area contributed by atoms with Crippen LogP contribution in [0.3, 0.4) is 0 Å². The predicted molar refractivity (Wildman–Crippen MR) is 86.1 cm³/mol. The highest BCUT2D eigenvalue weighted by Crippen LogP contribution is 2.13. The van der Waals surface area contributed by atoms with Crippen LogP contribution >= 0.6 is 11.3 Å². The highest BCUT2D eigenvalue weighted by molar-refractivity contribution is 7.16. The monoisotopic (exact) mass is 323 g/mol. The van der Waals surface area contributed by atoms with E-state index in [1.807, 2.05) is 25.8 Å². The smallest absolute Gasteiger partial charge is 0.275 e. The second kappa shape index (κ2) is 6.97. The number of amides is 1. The number of hydrogen-bond donors (Lipinski definition) is 0. The zero-order chi connectivity index (χ0) is 16.3. The molecule has 2 heterocycles. The van der Waals surface area contributed by atoms with Gasteiger partial charge in [0.1, 0.15) is 5.01 Å². The second-order valence-electron chi connectivity index (χ2n) is 5.16. The van der Waals surface area contributed by atoms with Gasteiger partial charge in [-0.15, -0.1) is 0 Å². The van der Waals surface area contributed by atoms with Crippen molar-refractivity contribution in [2.24, 2.45) is 0 Å². The van der Waals surface area contributed by atoms with Crippen LogP contribution in [-0.4, -0.2) is 57.0 Å². The number of carbonyl (C=O) groups is 1. The number of rotatable bonds is 6. The van der Waals surface area contributed by atoms with E-state index in [1.54, 1.807) is 11.8 Å². The summed E-state index contributed by atoms with van der Waals surface area (Å²) >= 11 is 1.38. The summed E-state index contributed by atoms with van der Waals surface area (Å²) in [7, 11) is 1.87. The lowest BCUT2D eigenvalue weighted by molar-refractivity contribution is -0.131. The summed E-state index contributed by atoms with van der Waals surface area (Å²) in [4.78, 5) is 32.5. The average Bonchev–Trinajstić information content (AvgIpc) is 2.82. The standard InChI is InChI=1S/C14H21N5O2S/c1-5-18(6-2)13(21)9-17(4)8-11-16-19-12(20)7-10(3)15-14(19)22-11/h7H,5-6,8-9H2,1-4H3. The van der Waals surface area contributed by atoms with Crippen molar-refractivity contribution in [2.45, 2.75) is 27.3 Å². The molecule has 0 aliphatic rings. The van der Waals surface area contributed by atoms with Gasteiger partial charge in [-0.2, -0.15) is 9.61 Å². The molecular formula is C14H21N5O2S. The van der Waals surface area contributed by atoms with Crippen molar-refractivity contribution in [2.75, 3.05) is 26.7 Å². The Morgan fingerprint density at radius 2 is 2.05 bits per heavy atom. The molecule has 0 bridgehead atoms. The average molecular weight is 323 g/mol. The number of likely N-dealkylation sites (N-methyl/N-ethyl adjacent to an activating group) is 2. The van der Waals surface area contributed by atoms with Crippen molar-refractivity contribution in [3.05, 3.63) is 27.1 Å². The first-order valence-corrected chi connectivity index (χ1v) is 8.09. The Bertz CT molecular complexity index is 720. The summed E-state index contributed by atoms with van der Waals surface area (Å²) in [6.07, 6.45) is 0. The summed E-state index contributed by atoms with van der Waals surface area (Å²) < 4.78 is 1.31. The van der Waals surface area contributed by atoms with Crippen molar-refractivity contribution in [3.8, 4) is 0 Å². The quantitative estimate of drug-likeness (QED) is 0.785. The lowest BCUT2D eigenvalue weighted by Gasteiger charge is -2.22. The maximum absolute atomic E-state index is 12.1. The molecule has 7 nitrogen and oxygen atoms in total. The van der Waals surface area contributed by atoms with Gasteiger partial charge in [-0.1, -0.05) is 11.3 Å². The van der Waals surface area contributed by atoms with Crippen LogP contribution in [0.5, 0.6) is 0 Å². The van der Waals surface area contributed by atoms with Crippen molar-refractivity contribution < 1.29 is 4.79 Å². The van der Waals surface area contributed by atoms with Crippen LogP contribution in [0.4, 0.5) is 0 Å². The largest absolute Gasteiger partial charge is 0.342 e. The Morgan fingerprint density at radius 3 is 2.68 bits per heavy atom. The minimum atomic E-state index is -0.174. The van der Waals surface area contributed by atoms with E-state index in [-0.39, 0.29) is 11.5 Å². The first-order chi connectivity index (χ1) is 10.4. The summed E-state index contributed by atoms with van der Waals surface area (Å²) in [6.45, 7) is 7.99. The lowest BCUT2D eigenvalue weighted by Crippen LogP contribution is -2.38. The first kappa shape index (κ1) is 16.6. The Hall–Kier alpha value is -1.80. The molecule has 22 heavy (non-hydrogen) atoms. The number of nitrogens with zero attached hydrogens (tertiary/aromatic N) is 5. The fraction of sp³-hybridized carbons (Fsp3) is 0.571. The van der Waals surface area contributed by atoms with Gasteiger partial charge >= 0.3 is 0 Å². The molecule has 0 radical (unpaired) electrons. The van der Waals surface area contributed by atoms with E-state index in [2.05, 4.69) is 10.1 Å². The second-order valence-corrected chi connectivity index (χ2v) is 6.20. The third-order valence-corrected chi connectivity index (χ3v) is 4.23. The van der Waals surface area contributed by atoms with Gasteiger partial charge in [-0.3, -0.25) is 14.5 Å². The minimum Gasteiger partial charge on any atom is -0.342 e. The molecule has 0 unspecified atom stereocenters. The summed E-state index contributed by atoms with van der Waals surface area (Å²) in [6, 6.07) is 1.46. The molecule has 120 valence electrons. The zero-order valence-electron chi connectivity index (χ0n) is 13.4. The topological polar surface area (TPSA) is 70.8 Å². The summed E-state index contributed by atoms with van der Waals surface area (Å²) in [5.74, 6) is 0.0970. The maximum Gasteiger partial charge on any atom is 0.275 e. The van der Waals surface area contributed by atoms with Gasteiger partial charge < -0.3 is 4.90 Å². The van der Waals surface area contributed by atoms with Crippen LogP contribution < -0.4 is 5.56 Å². The van der Waals surface area contributed by atoms with Crippen LogP contribution in [-0.2, 0) is 11.3 Å². The van der Waals surface area contributed by atoms with Gasteiger partial charge in [-0.05, 0) is 27.8 Å². The predicted octanol–water partition coefficient (Wildman–Crippen LogP) is 0.760. The fourth-order valence-electron chi connectivity index (χ4n) is 2.22. The Labute approximate surface area is 133 Å². The highest BCUT2D eigenvalue weighted by atomic mass is 32.1. The van der Waals surface area contributed by atoms with Crippen LogP contribution in [0.25, 0.3) is 4.96 Å². The van der Waals surface area contributed by atoms with Crippen LogP contribution in [0.2, 0.25) is 0 Å². The minimum absolute atomic E-state index is 0.0970. The Balaban J connectivity index is 2.09. The zero-order valence-corrected chi connectivity index (χ0v) is 14.2. The van der Waals surface area contributed by atoms with Crippen molar-refractivity contribution in [1.29, 1.82) is 0 Å². The summed E-state index contributed by atoms with van der Waals surface area (Å²) in [5.41, 5.74) is 0.511. The lowest BCUT2D eigenvalue weighted by atomic mass is 10.4. The van der Waals surface area contributed by atoms with Gasteiger partial charge in [0.15, 0.2) is 0 Å². The number of carbonyl (C=O) groups excluding carboxylic acids is 1. The molecule has 0 aliphatic heterocycles. The highest BCUT2D eigenvalue weighted by Gasteiger charge is 2.15. The molecule has 2 aromatic heterocycles. The van der Waals surface area contributed by atoms with Gasteiger partial charge in [0, 0.05) is 24.8 Å². The van der Waals surface area contributed by atoms with Crippen molar-refractivity contribution in [3.63, 3.8) is 0 Å². The van der Waals surface area contributed by atoms with Gasteiger partial charge in [0.25, 0.3) is 5.56 Å². The molecule has 0 atom stereocenters. The van der Waals surface area contributed by atoms with E-state index in [9.17, 15) is 9.59 Å². The summed E-state index contributed by atoms with van der Waals surface area (Å²) in [5, 5.41) is 5.05. The molecule has 0 fully saturated rings. The van der Waals surface area contributed by atoms with Gasteiger partial charge in [0.2, 0.25) is 10.9 Å². The molecule has 0 spiro atoms. The Morgan fingerprint density at radius 1 is 1.36 bits per heavy atom. The molecule has 0 saturated heterocycles. The van der Waals surface area contributed by atoms with E-state index in [4.69, 9.17) is 0 Å². The number of aryl methyl sites for hydroxylation is 1. The molecule has 0 N–H and O–H groups in total. The molecule has 2 rings (SSSR count). The van der Waals surface area contributed by atoms with Crippen LogP contribution in [0, 0.1) is 6.92 Å². The van der Waals surface area contributed by atoms with E-state index >= 15 is 0 Å². The molecule has 0 saturated carbocycles. The van der Waals surface area contributed by atoms with Crippen LogP contribution in [0.15, 0.2) is 10.9 Å². The van der Waals surface area contributed by atoms with E-state index in [1.165, 1.54) is 21.9 Å². The number of hydrogen-bond acceptors (Lipinski definition) is 6. The molecular weight excluding hydrogens is 302 g/mol. The molecule has 2 aromatic rings. The van der Waals surface area contributed by atoms with E-state index in [0.717, 1.165) is 5.01 Å². The van der Waals surface area contributed by atoms with Crippen LogP contribution in [0.1, 0.15) is 24.5 Å². The third kappa shape index (κ3) is 3.69. The van der Waals surface area contributed by atoms with Crippen molar-refractivity contribution in [1.82, 2.24) is 24.4 Å². The van der Waals surface area contributed by atoms with E-state index < -0.39 is 0 Å².